The van der Waals surface area contributed by atoms with Gasteiger partial charge in [0.25, 0.3) is 0 Å². The van der Waals surface area contributed by atoms with E-state index in [2.05, 4.69) is 0 Å². The fourth-order valence-electron chi connectivity index (χ4n) is 0. The van der Waals surface area contributed by atoms with Crippen LogP contribution in [-0.4, -0.2) is 153 Å². The van der Waals surface area contributed by atoms with E-state index >= 15 is 0 Å². The molecule has 10 radical (unpaired) electrons. The summed E-state index contributed by atoms with van der Waals surface area (Å²) in [6.07, 6.45) is 0. The van der Waals surface area contributed by atoms with Gasteiger partial charge < -0.3 is 307 Å². The van der Waals surface area contributed by atoms with Crippen LogP contribution in [0.1, 0.15) is 0 Å². The largest absolute Gasteiger partial charge is 3.00 e. The molecule has 0 aliphatic heterocycles. The summed E-state index contributed by atoms with van der Waals surface area (Å²) in [4.78, 5) is 0. The van der Waals surface area contributed by atoms with Crippen LogP contribution < -0.4 is 0 Å². The van der Waals surface area contributed by atoms with Crippen LogP contribution in [0.15, 0.2) is 0 Å². The Balaban J connectivity index is 0. The topological polar surface area (TPSA) is 1680 Å². The van der Waals surface area contributed by atoms with Crippen molar-refractivity contribution in [1.29, 1.82) is 0 Å². The molecule has 0 aliphatic carbocycles. The summed E-state index contributed by atoms with van der Waals surface area (Å²) in [5.41, 5.74) is 0. The molecule has 0 spiro atoms. The molecule has 0 aromatic rings. The van der Waals surface area contributed by atoms with Gasteiger partial charge in [-0.15, -0.1) is 0 Å². The Morgan fingerprint density at radius 2 is 0.0588 bits per heavy atom. The van der Waals surface area contributed by atoms with E-state index in [0.717, 1.165) is 0 Å². The maximum Gasteiger partial charge on any atom is 3.00 e. The van der Waals surface area contributed by atoms with Crippen molar-refractivity contribution in [3.05, 3.63) is 0 Å². The van der Waals surface area contributed by atoms with Crippen molar-refractivity contribution >= 4 is 0 Å². The van der Waals surface area contributed by atoms with E-state index in [0.29, 0.717) is 0 Å². The van der Waals surface area contributed by atoms with Gasteiger partial charge >= 0.3 is 71.2 Å². The summed E-state index contributed by atoms with van der Waals surface area (Å²) in [5, 5.41) is 0. The predicted octanol–water partition coefficient (Wildman–Crippen LogP) is -26.4. The average Bonchev–Trinajstić information content (AvgIpc) is 0. The van der Waals surface area contributed by atoms with Crippen LogP contribution in [0.3, 0.4) is 0 Å². The number of rotatable bonds is 0. The molecule has 0 saturated heterocycles. The summed E-state index contributed by atoms with van der Waals surface area (Å²) < 4.78 is 0. The van der Waals surface area contributed by atoms with Crippen molar-refractivity contribution in [2.45, 2.75) is 0 Å². The zero-order chi connectivity index (χ0) is 0. The Morgan fingerprint density at radius 1 is 0.0588 bits per heavy atom. The molecular weight excluding hydrogens is 1680 g/mol. The summed E-state index contributed by atoms with van der Waals surface area (Å²) in [5.74, 6) is 0. The van der Waals surface area contributed by atoms with Gasteiger partial charge in [-0.25, -0.2) is 0 Å². The number of hydrogen-bond donors (Lipinski definition) is 0. The van der Waals surface area contributed by atoms with Crippen molar-refractivity contribution in [2.24, 2.45) is 0 Å². The SMILES string of the molecule is O.O.O.O.O.O.O.O.O.O.O.O.O.O.O.O.O.O.O.O.O.O.O.O.O.O.O.O.[La+3].[La+3].[O-2].[O-2].[O-2].[O-2].[O-2].[O-2].[O-2].[O-2].[O-2].[O-2].[O-2].[O-2].[O-2].[O-2].[O-2].[O-2].[O-2].[O-2].[O-2].[O-2].[O-2].[O-2].[O-2].[O-2].[O-2].[O-2].[O-2].[O-2].[V].[V].[V].[V].[V].[V].[V].[V].[V].[V]. The Hall–Kier alpha value is 5.99. The predicted molar refractivity (Wildman–Crippen MR) is 120 cm³/mol. The third kappa shape index (κ3) is 10100. The second-order valence-corrected chi connectivity index (χ2v) is 0. The van der Waals surface area contributed by atoms with E-state index in [1.54, 1.807) is 0 Å². The molecule has 0 atom stereocenters. The van der Waals surface area contributed by atoms with Gasteiger partial charge in [-0.05, 0) is 0 Å². The van der Waals surface area contributed by atoms with Crippen LogP contribution in [-0.2, 0) is 339 Å². The normalized spacial score (nSPS) is 0. The molecule has 498 valence electrons. The first-order valence-electron chi connectivity index (χ1n) is 0. The molecule has 0 unspecified atom stereocenters. The molecule has 68 heavy (non-hydrogen) atoms. The van der Waals surface area contributed by atoms with Gasteiger partial charge in [0, 0.05) is 186 Å². The quantitative estimate of drug-likeness (QED) is 0.218. The summed E-state index contributed by atoms with van der Waals surface area (Å²) >= 11 is 0. The van der Waals surface area contributed by atoms with Crippen LogP contribution in [0.4, 0.5) is 0 Å². The van der Waals surface area contributed by atoms with Crippen LogP contribution in [0.5, 0.6) is 0 Å². The second-order valence-electron chi connectivity index (χ2n) is 0. The van der Waals surface area contributed by atoms with Gasteiger partial charge in [0.2, 0.25) is 0 Å². The monoisotopic (exact) mass is 1740 g/mol. The van der Waals surface area contributed by atoms with Gasteiger partial charge in [0.05, 0.1) is 0 Å². The van der Waals surface area contributed by atoms with Crippen LogP contribution in [0.25, 0.3) is 0 Å². The Labute approximate surface area is 557 Å². The fraction of sp³-hybridized carbons (Fsp3) is 0. The van der Waals surface area contributed by atoms with Crippen molar-refractivity contribution in [3.63, 3.8) is 0 Å². The minimum atomic E-state index is 0. The first-order chi connectivity index (χ1) is 0. The Morgan fingerprint density at radius 3 is 0.0588 bits per heavy atom. The fourth-order valence-corrected chi connectivity index (χ4v) is 0. The van der Waals surface area contributed by atoms with E-state index in [1.165, 1.54) is 0 Å². The minimum absolute atomic E-state index is 0. The molecular formula is H56La2O56V10-50. The molecule has 0 amide bonds. The van der Waals surface area contributed by atoms with Crippen LogP contribution in [0.2, 0.25) is 0 Å². The summed E-state index contributed by atoms with van der Waals surface area (Å²) in [6.45, 7) is 0. The minimum Gasteiger partial charge on any atom is -2.00 e. The Bertz CT molecular complexity index is 53.5. The van der Waals surface area contributed by atoms with Gasteiger partial charge in [0.15, 0.2) is 0 Å². The van der Waals surface area contributed by atoms with E-state index in [1.807, 2.05) is 0 Å². The Kier molecular flexibility index (Phi) is 1700000. The van der Waals surface area contributed by atoms with E-state index in [-0.39, 0.29) is 563 Å². The van der Waals surface area contributed by atoms with Gasteiger partial charge in [0.1, 0.15) is 0 Å². The maximum absolute atomic E-state index is 0. The molecule has 0 aromatic heterocycles. The standard InChI is InChI=1S/2La.28H2O.28O.10V/h;;28*1H2;;;;;;;;;;;;;;;;;;;;;;;;;;;;;;;;;;;;;;/q2*+3;;;;;;;;;;;;;;;;;;;;;;;;;;;;;28*-2;;;;;;;;;;. The zero-order valence-corrected chi connectivity index (χ0v) is 52.3. The first kappa shape index (κ1) is 11000. The van der Waals surface area contributed by atoms with Crippen molar-refractivity contribution in [2.75, 3.05) is 0 Å². The molecule has 56 nitrogen and oxygen atoms in total. The van der Waals surface area contributed by atoms with Gasteiger partial charge in [-0.3, -0.25) is 0 Å². The molecule has 0 heterocycles. The second kappa shape index (κ2) is 10500. The molecule has 0 aliphatic rings. The van der Waals surface area contributed by atoms with E-state index < -0.39 is 0 Å². The summed E-state index contributed by atoms with van der Waals surface area (Å²) in [7, 11) is 0. The zero-order valence-electron chi connectivity index (χ0n) is 31.1. The molecule has 56 N–H and O–H groups in total. The molecule has 0 fully saturated rings. The van der Waals surface area contributed by atoms with Crippen molar-refractivity contribution < 1.29 is 563 Å². The van der Waals surface area contributed by atoms with E-state index in [9.17, 15) is 0 Å². The first-order valence-corrected chi connectivity index (χ1v) is 0. The van der Waals surface area contributed by atoms with Gasteiger partial charge in [-0.1, -0.05) is 0 Å². The van der Waals surface area contributed by atoms with Crippen LogP contribution in [0, 0.1) is 71.2 Å². The van der Waals surface area contributed by atoms with Crippen LogP contribution >= 0.6 is 0 Å². The van der Waals surface area contributed by atoms with Crippen molar-refractivity contribution in [3.8, 4) is 0 Å². The average molecular weight is 1740 g/mol. The molecule has 68 heteroatoms. The molecule has 0 saturated carbocycles. The van der Waals surface area contributed by atoms with Crippen molar-refractivity contribution in [1.82, 2.24) is 0 Å². The van der Waals surface area contributed by atoms with Gasteiger partial charge in [-0.2, -0.15) is 0 Å². The molecule has 0 rings (SSSR count). The summed E-state index contributed by atoms with van der Waals surface area (Å²) in [6, 6.07) is 0. The maximum atomic E-state index is 0. The van der Waals surface area contributed by atoms with E-state index in [4.69, 9.17) is 0 Å². The molecule has 0 aromatic carbocycles. The third-order valence-electron chi connectivity index (χ3n) is 0. The third-order valence-corrected chi connectivity index (χ3v) is 0. The molecule has 0 bridgehead atoms. The number of hydrogen-bond acceptors (Lipinski definition) is 0. The smallest absolute Gasteiger partial charge is 2.00 e.